The van der Waals surface area contributed by atoms with Crippen LogP contribution in [0.1, 0.15) is 41.0 Å². The van der Waals surface area contributed by atoms with Crippen molar-refractivity contribution < 1.29 is 14.3 Å². The molecular weight excluding hydrogens is 426 g/mol. The van der Waals surface area contributed by atoms with E-state index in [0.717, 1.165) is 40.7 Å². The molecule has 0 spiro atoms. The van der Waals surface area contributed by atoms with Gasteiger partial charge in [0, 0.05) is 53.8 Å². The molecule has 6 nitrogen and oxygen atoms in total. The molecule has 7 heteroatoms. The van der Waals surface area contributed by atoms with Crippen molar-refractivity contribution in [1.82, 2.24) is 15.2 Å². The number of pyridine rings is 1. The maximum atomic E-state index is 13.2. The van der Waals surface area contributed by atoms with Crippen LogP contribution in [-0.2, 0) is 29.0 Å². The Labute approximate surface area is 192 Å². The summed E-state index contributed by atoms with van der Waals surface area (Å²) in [5.74, 6) is -0.882. The van der Waals surface area contributed by atoms with Crippen LogP contribution in [0.5, 0.6) is 0 Å². The Hall–Kier alpha value is -2.96. The lowest BCUT2D eigenvalue weighted by Gasteiger charge is -2.32. The third-order valence-electron chi connectivity index (χ3n) is 5.78. The molecule has 0 fully saturated rings. The van der Waals surface area contributed by atoms with E-state index in [4.69, 9.17) is 21.3 Å². The molecule has 4 rings (SSSR count). The summed E-state index contributed by atoms with van der Waals surface area (Å²) in [6, 6.07) is 15.2. The van der Waals surface area contributed by atoms with Crippen molar-refractivity contribution in [3.63, 3.8) is 0 Å². The van der Waals surface area contributed by atoms with E-state index in [9.17, 15) is 9.59 Å². The summed E-state index contributed by atoms with van der Waals surface area (Å²) in [7, 11) is 0. The highest BCUT2D eigenvalue weighted by atomic mass is 35.5. The van der Waals surface area contributed by atoms with Gasteiger partial charge in [-0.3, -0.25) is 14.7 Å². The van der Waals surface area contributed by atoms with Crippen LogP contribution in [0.2, 0.25) is 5.02 Å². The number of amides is 1. The zero-order valence-electron chi connectivity index (χ0n) is 18.2. The number of rotatable bonds is 6. The van der Waals surface area contributed by atoms with Crippen LogP contribution < -0.4 is 5.32 Å². The molecule has 1 amide bonds. The second kappa shape index (κ2) is 9.67. The van der Waals surface area contributed by atoms with E-state index in [-0.39, 0.29) is 19.1 Å². The lowest BCUT2D eigenvalue weighted by atomic mass is 9.95. The van der Waals surface area contributed by atoms with Crippen molar-refractivity contribution in [3.05, 3.63) is 75.9 Å². The Morgan fingerprint density at radius 1 is 1.16 bits per heavy atom. The van der Waals surface area contributed by atoms with Crippen molar-refractivity contribution in [2.75, 3.05) is 13.2 Å². The zero-order valence-corrected chi connectivity index (χ0v) is 19.0. The first kappa shape index (κ1) is 22.2. The van der Waals surface area contributed by atoms with E-state index in [0.29, 0.717) is 23.2 Å². The van der Waals surface area contributed by atoms with Crippen LogP contribution in [0.3, 0.4) is 0 Å². The number of nitrogens with one attached hydrogen (secondary N) is 1. The minimum atomic E-state index is -0.502. The van der Waals surface area contributed by atoms with E-state index in [1.807, 2.05) is 42.5 Å². The number of benzene rings is 2. The molecule has 0 aliphatic carbocycles. The Balaban J connectivity index is 1.52. The quantitative estimate of drug-likeness (QED) is 0.570. The summed E-state index contributed by atoms with van der Waals surface area (Å²) >= 11 is 6.13. The third kappa shape index (κ3) is 4.76. The van der Waals surface area contributed by atoms with Crippen molar-refractivity contribution >= 4 is 34.4 Å². The molecule has 0 unspecified atom stereocenters. The van der Waals surface area contributed by atoms with Gasteiger partial charge in [0.2, 0.25) is 0 Å². The van der Waals surface area contributed by atoms with Crippen LogP contribution in [0.4, 0.5) is 0 Å². The molecule has 3 aromatic rings. The second-order valence-electron chi connectivity index (χ2n) is 8.19. The molecule has 1 aliphatic rings. The van der Waals surface area contributed by atoms with E-state index < -0.39 is 5.97 Å². The third-order valence-corrected chi connectivity index (χ3v) is 6.15. The number of carbonyl (C=O) groups excluding carboxylic acids is 2. The number of esters is 1. The molecule has 0 saturated heterocycles. The Morgan fingerprint density at radius 3 is 2.69 bits per heavy atom. The second-order valence-corrected chi connectivity index (χ2v) is 8.59. The maximum Gasteiger partial charge on any atom is 0.339 e. The molecule has 166 valence electrons. The molecule has 2 heterocycles. The number of nitrogens with zero attached hydrogens (tertiary/aromatic N) is 2. The molecule has 0 radical (unpaired) electrons. The van der Waals surface area contributed by atoms with Gasteiger partial charge in [0.15, 0.2) is 6.61 Å². The summed E-state index contributed by atoms with van der Waals surface area (Å²) in [6.07, 6.45) is 0.775. The van der Waals surface area contributed by atoms with Gasteiger partial charge in [0.05, 0.1) is 11.1 Å². The highest BCUT2D eigenvalue weighted by Gasteiger charge is 2.27. The van der Waals surface area contributed by atoms with Crippen LogP contribution >= 0.6 is 11.6 Å². The predicted octanol–water partition coefficient (Wildman–Crippen LogP) is 4.13. The van der Waals surface area contributed by atoms with Crippen LogP contribution in [0.25, 0.3) is 10.9 Å². The smallest absolute Gasteiger partial charge is 0.339 e. The zero-order chi connectivity index (χ0) is 22.7. The fraction of sp³-hybridized carbons (Fsp3) is 0.320. The summed E-state index contributed by atoms with van der Waals surface area (Å²) in [5.41, 5.74) is 3.90. The number of hydrogen-bond acceptors (Lipinski definition) is 5. The SMILES string of the molecule is CC(C)N1CCc2nc3ccccc3c(C(=O)OCC(=O)NCc3ccccc3Cl)c2C1. The average molecular weight is 452 g/mol. The number of ether oxygens (including phenoxy) is 1. The van der Waals surface area contributed by atoms with Crippen LogP contribution in [-0.4, -0.2) is 41.0 Å². The molecule has 2 aromatic carbocycles. The fourth-order valence-electron chi connectivity index (χ4n) is 3.97. The molecular formula is C25H26ClN3O3. The predicted molar refractivity (Wildman–Crippen MR) is 125 cm³/mol. The first-order valence-corrected chi connectivity index (χ1v) is 11.1. The van der Waals surface area contributed by atoms with Crippen molar-refractivity contribution in [2.24, 2.45) is 0 Å². The highest BCUT2D eigenvalue weighted by molar-refractivity contribution is 6.31. The number of halogens is 1. The summed E-state index contributed by atoms with van der Waals surface area (Å²) in [5, 5.41) is 4.07. The molecule has 0 saturated carbocycles. The molecule has 0 atom stereocenters. The lowest BCUT2D eigenvalue weighted by Crippen LogP contribution is -2.37. The number of fused-ring (bicyclic) bond motifs is 2. The summed E-state index contributed by atoms with van der Waals surface area (Å²) in [4.78, 5) is 32.6. The largest absolute Gasteiger partial charge is 0.452 e. The normalized spacial score (nSPS) is 13.8. The molecule has 1 aliphatic heterocycles. The van der Waals surface area contributed by atoms with Crippen LogP contribution in [0, 0.1) is 0 Å². The van der Waals surface area contributed by atoms with Crippen molar-refractivity contribution in [3.8, 4) is 0 Å². The standard InChI is InChI=1S/C25H26ClN3O3/c1-16(2)29-12-11-22-19(14-29)24(18-8-4-6-10-21(18)28-22)25(31)32-15-23(30)27-13-17-7-3-5-9-20(17)26/h3-10,16H,11-15H2,1-2H3,(H,27,30). The first-order valence-electron chi connectivity index (χ1n) is 10.8. The van der Waals surface area contributed by atoms with Gasteiger partial charge >= 0.3 is 5.97 Å². The van der Waals surface area contributed by atoms with Gasteiger partial charge in [-0.2, -0.15) is 0 Å². The molecule has 1 aromatic heterocycles. The van der Waals surface area contributed by atoms with E-state index in [2.05, 4.69) is 24.1 Å². The van der Waals surface area contributed by atoms with Crippen molar-refractivity contribution in [2.45, 2.75) is 39.4 Å². The minimum absolute atomic E-state index is 0.271. The monoisotopic (exact) mass is 451 g/mol. The van der Waals surface area contributed by atoms with Gasteiger partial charge < -0.3 is 10.1 Å². The minimum Gasteiger partial charge on any atom is -0.452 e. The Bertz CT molecular complexity index is 1160. The number of para-hydroxylation sites is 1. The first-order chi connectivity index (χ1) is 15.4. The van der Waals surface area contributed by atoms with Gasteiger partial charge in [-0.25, -0.2) is 4.79 Å². The lowest BCUT2D eigenvalue weighted by molar-refractivity contribution is -0.124. The number of carbonyl (C=O) groups is 2. The van der Waals surface area contributed by atoms with Crippen LogP contribution in [0.15, 0.2) is 48.5 Å². The van der Waals surface area contributed by atoms with E-state index in [1.165, 1.54) is 0 Å². The summed E-state index contributed by atoms with van der Waals surface area (Å²) < 4.78 is 5.45. The molecule has 32 heavy (non-hydrogen) atoms. The van der Waals surface area contributed by atoms with Gasteiger partial charge in [-0.15, -0.1) is 0 Å². The topological polar surface area (TPSA) is 71.5 Å². The number of hydrogen-bond donors (Lipinski definition) is 1. The van der Waals surface area contributed by atoms with E-state index >= 15 is 0 Å². The molecule has 1 N–H and O–H groups in total. The Morgan fingerprint density at radius 2 is 1.91 bits per heavy atom. The van der Waals surface area contributed by atoms with Gasteiger partial charge in [-0.1, -0.05) is 48.0 Å². The average Bonchev–Trinajstić information content (AvgIpc) is 2.80. The van der Waals surface area contributed by atoms with Gasteiger partial charge in [-0.05, 0) is 31.5 Å². The van der Waals surface area contributed by atoms with Gasteiger partial charge in [0.25, 0.3) is 5.91 Å². The summed E-state index contributed by atoms with van der Waals surface area (Å²) in [6.45, 7) is 5.72. The van der Waals surface area contributed by atoms with Crippen molar-refractivity contribution in [1.29, 1.82) is 0 Å². The molecule has 0 bridgehead atoms. The maximum absolute atomic E-state index is 13.2. The van der Waals surface area contributed by atoms with E-state index in [1.54, 1.807) is 6.07 Å². The number of aromatic nitrogens is 1. The fourth-order valence-corrected chi connectivity index (χ4v) is 4.18. The highest BCUT2D eigenvalue weighted by Crippen LogP contribution is 2.29. The Kier molecular flexibility index (Phi) is 6.72. The van der Waals surface area contributed by atoms with Gasteiger partial charge in [0.1, 0.15) is 0 Å².